The molecule has 4 rings (SSSR count). The van der Waals surface area contributed by atoms with Gasteiger partial charge in [-0.25, -0.2) is 0 Å². The summed E-state index contributed by atoms with van der Waals surface area (Å²) >= 11 is 0. The van der Waals surface area contributed by atoms with Gasteiger partial charge in [0.2, 0.25) is 0 Å². The van der Waals surface area contributed by atoms with Crippen LogP contribution in [0.4, 0.5) is 5.69 Å². The van der Waals surface area contributed by atoms with E-state index in [-0.39, 0.29) is 17.9 Å². The van der Waals surface area contributed by atoms with Crippen LogP contribution in [0.15, 0.2) is 60.7 Å². The van der Waals surface area contributed by atoms with Crippen molar-refractivity contribution in [2.75, 3.05) is 5.32 Å². The summed E-state index contributed by atoms with van der Waals surface area (Å²) in [6.45, 7) is 4.11. The number of aryl methyl sites for hydroxylation is 2. The number of benzene rings is 2. The summed E-state index contributed by atoms with van der Waals surface area (Å²) in [7, 11) is 0. The van der Waals surface area contributed by atoms with E-state index in [2.05, 4.69) is 41.2 Å². The molecule has 0 aliphatic heterocycles. The Morgan fingerprint density at radius 3 is 2.14 bits per heavy atom. The molecule has 1 saturated carbocycles. The lowest BCUT2D eigenvalue weighted by Gasteiger charge is -2.12. The van der Waals surface area contributed by atoms with E-state index in [4.69, 9.17) is 0 Å². The Kier molecular flexibility index (Phi) is 4.74. The van der Waals surface area contributed by atoms with Crippen molar-refractivity contribution in [2.24, 2.45) is 0 Å². The quantitative estimate of drug-likeness (QED) is 0.703. The molecular formula is C23H23N3O2. The van der Waals surface area contributed by atoms with Gasteiger partial charge in [0.05, 0.1) is 11.3 Å². The van der Waals surface area contributed by atoms with Crippen molar-refractivity contribution in [2.45, 2.75) is 32.7 Å². The number of nitrogens with one attached hydrogen (secondary N) is 2. The molecule has 3 aromatic rings. The molecule has 1 aliphatic rings. The van der Waals surface area contributed by atoms with E-state index < -0.39 is 0 Å². The normalized spacial score (nSPS) is 13.2. The van der Waals surface area contributed by atoms with E-state index in [0.29, 0.717) is 16.8 Å². The number of para-hydroxylation sites is 1. The fourth-order valence-electron chi connectivity index (χ4n) is 3.31. The van der Waals surface area contributed by atoms with Crippen molar-refractivity contribution in [1.29, 1.82) is 0 Å². The van der Waals surface area contributed by atoms with Gasteiger partial charge in [-0.3, -0.25) is 9.59 Å². The van der Waals surface area contributed by atoms with Crippen molar-refractivity contribution >= 4 is 17.5 Å². The minimum Gasteiger partial charge on any atom is -0.349 e. The van der Waals surface area contributed by atoms with Crippen molar-refractivity contribution in [3.8, 4) is 5.69 Å². The van der Waals surface area contributed by atoms with Crippen molar-refractivity contribution in [3.63, 3.8) is 0 Å². The molecule has 0 radical (unpaired) electrons. The van der Waals surface area contributed by atoms with Crippen LogP contribution in [0, 0.1) is 13.8 Å². The predicted molar refractivity (Wildman–Crippen MR) is 110 cm³/mol. The average molecular weight is 373 g/mol. The molecule has 2 N–H and O–H groups in total. The highest BCUT2D eigenvalue weighted by Crippen LogP contribution is 2.22. The Morgan fingerprint density at radius 2 is 1.50 bits per heavy atom. The molecule has 5 nitrogen and oxygen atoms in total. The molecule has 5 heteroatoms. The van der Waals surface area contributed by atoms with Gasteiger partial charge in [0.1, 0.15) is 0 Å². The van der Waals surface area contributed by atoms with E-state index >= 15 is 0 Å². The molecule has 0 atom stereocenters. The van der Waals surface area contributed by atoms with Gasteiger partial charge in [-0.1, -0.05) is 12.1 Å². The van der Waals surface area contributed by atoms with Gasteiger partial charge in [-0.2, -0.15) is 0 Å². The molecular weight excluding hydrogens is 350 g/mol. The summed E-state index contributed by atoms with van der Waals surface area (Å²) < 4.78 is 2.14. The van der Waals surface area contributed by atoms with E-state index in [9.17, 15) is 9.59 Å². The van der Waals surface area contributed by atoms with Crippen LogP contribution in [0.3, 0.4) is 0 Å². The van der Waals surface area contributed by atoms with Crippen LogP contribution in [-0.4, -0.2) is 22.4 Å². The molecule has 0 spiro atoms. The van der Waals surface area contributed by atoms with E-state index in [1.165, 1.54) is 0 Å². The monoisotopic (exact) mass is 373 g/mol. The highest BCUT2D eigenvalue weighted by atomic mass is 16.2. The van der Waals surface area contributed by atoms with Crippen LogP contribution in [0.2, 0.25) is 0 Å². The molecule has 28 heavy (non-hydrogen) atoms. The highest BCUT2D eigenvalue weighted by molar-refractivity contribution is 6.09. The fourth-order valence-corrected chi connectivity index (χ4v) is 3.31. The fraction of sp³-hybridized carbons (Fsp3) is 0.217. The Labute approximate surface area is 164 Å². The smallest absolute Gasteiger partial charge is 0.255 e. The molecule has 2 aromatic carbocycles. The Hall–Kier alpha value is -3.34. The van der Waals surface area contributed by atoms with Crippen molar-refractivity contribution in [3.05, 3.63) is 83.2 Å². The summed E-state index contributed by atoms with van der Waals surface area (Å²) in [5.74, 6) is -0.383. The van der Waals surface area contributed by atoms with E-state index in [1.54, 1.807) is 30.3 Å². The minimum absolute atomic E-state index is 0.146. The number of aromatic nitrogens is 1. The molecule has 2 amide bonds. The van der Waals surface area contributed by atoms with Crippen LogP contribution >= 0.6 is 0 Å². The number of hydrogen-bond donors (Lipinski definition) is 2. The maximum absolute atomic E-state index is 12.7. The third-order valence-electron chi connectivity index (χ3n) is 4.99. The summed E-state index contributed by atoms with van der Waals surface area (Å²) in [4.78, 5) is 25.1. The number of amides is 2. The first-order chi connectivity index (χ1) is 13.5. The third-order valence-corrected chi connectivity index (χ3v) is 4.99. The summed E-state index contributed by atoms with van der Waals surface area (Å²) in [5.41, 5.74) is 4.85. The Morgan fingerprint density at radius 1 is 0.857 bits per heavy atom. The topological polar surface area (TPSA) is 63.1 Å². The van der Waals surface area contributed by atoms with Crippen LogP contribution in [0.5, 0.6) is 0 Å². The number of anilines is 1. The number of carbonyl (C=O) groups is 2. The average Bonchev–Trinajstić information content (AvgIpc) is 3.45. The summed E-state index contributed by atoms with van der Waals surface area (Å²) in [5, 5.41) is 5.84. The molecule has 0 bridgehead atoms. The number of rotatable bonds is 5. The lowest BCUT2D eigenvalue weighted by atomic mass is 10.1. The lowest BCUT2D eigenvalue weighted by molar-refractivity contribution is 0.0952. The summed E-state index contributed by atoms with van der Waals surface area (Å²) in [6.07, 6.45) is 2.04. The number of carbonyl (C=O) groups excluding carboxylic acids is 2. The predicted octanol–water partition coefficient (Wildman–Crippen LogP) is 4.24. The molecule has 1 aliphatic carbocycles. The molecule has 1 heterocycles. The molecule has 142 valence electrons. The molecule has 1 fully saturated rings. The van der Waals surface area contributed by atoms with Crippen molar-refractivity contribution in [1.82, 2.24) is 9.88 Å². The third kappa shape index (κ3) is 3.69. The molecule has 1 aromatic heterocycles. The molecule has 0 saturated heterocycles. The van der Waals surface area contributed by atoms with Gasteiger partial charge in [0.15, 0.2) is 0 Å². The molecule has 0 unspecified atom stereocenters. The zero-order valence-corrected chi connectivity index (χ0v) is 16.0. The largest absolute Gasteiger partial charge is 0.349 e. The zero-order chi connectivity index (χ0) is 19.7. The van der Waals surface area contributed by atoms with Gasteiger partial charge in [0, 0.05) is 28.7 Å². The standard InChI is InChI=1S/C23H23N3O2/c1-15-7-8-16(2)26(15)19-13-9-17(10-14-19)22(27)25-21-6-4-3-5-20(21)23(28)24-18-11-12-18/h3-10,13-14,18H,11-12H2,1-2H3,(H,24,28)(H,25,27). The zero-order valence-electron chi connectivity index (χ0n) is 16.0. The van der Waals surface area contributed by atoms with Crippen LogP contribution in [0.1, 0.15) is 44.9 Å². The summed E-state index contributed by atoms with van der Waals surface area (Å²) in [6, 6.07) is 19.0. The van der Waals surface area contributed by atoms with Crippen LogP contribution < -0.4 is 10.6 Å². The first-order valence-corrected chi connectivity index (χ1v) is 9.49. The number of nitrogens with zero attached hydrogens (tertiary/aromatic N) is 1. The van der Waals surface area contributed by atoms with Gasteiger partial charge in [0.25, 0.3) is 11.8 Å². The van der Waals surface area contributed by atoms with Crippen LogP contribution in [-0.2, 0) is 0 Å². The van der Waals surface area contributed by atoms with E-state index in [1.807, 2.05) is 18.2 Å². The lowest BCUT2D eigenvalue weighted by Crippen LogP contribution is -2.27. The van der Waals surface area contributed by atoms with Gasteiger partial charge >= 0.3 is 0 Å². The highest BCUT2D eigenvalue weighted by Gasteiger charge is 2.25. The SMILES string of the molecule is Cc1ccc(C)n1-c1ccc(C(=O)Nc2ccccc2C(=O)NC2CC2)cc1. The Bertz CT molecular complexity index is 1010. The maximum atomic E-state index is 12.7. The van der Waals surface area contributed by atoms with Crippen LogP contribution in [0.25, 0.3) is 5.69 Å². The van der Waals surface area contributed by atoms with Gasteiger partial charge < -0.3 is 15.2 Å². The first kappa shape index (κ1) is 18.0. The number of hydrogen-bond acceptors (Lipinski definition) is 2. The second-order valence-electron chi connectivity index (χ2n) is 7.25. The van der Waals surface area contributed by atoms with Gasteiger partial charge in [-0.15, -0.1) is 0 Å². The second kappa shape index (κ2) is 7.35. The van der Waals surface area contributed by atoms with Gasteiger partial charge in [-0.05, 0) is 75.2 Å². The maximum Gasteiger partial charge on any atom is 0.255 e. The first-order valence-electron chi connectivity index (χ1n) is 9.49. The minimum atomic E-state index is -0.237. The van der Waals surface area contributed by atoms with E-state index in [0.717, 1.165) is 29.9 Å². The van der Waals surface area contributed by atoms with Crippen molar-refractivity contribution < 1.29 is 9.59 Å². The Balaban J connectivity index is 1.52. The second-order valence-corrected chi connectivity index (χ2v) is 7.25.